The van der Waals surface area contributed by atoms with E-state index in [0.29, 0.717) is 16.6 Å². The fourth-order valence-corrected chi connectivity index (χ4v) is 3.47. The summed E-state index contributed by atoms with van der Waals surface area (Å²) in [5.41, 5.74) is 4.97. The number of aromatic nitrogens is 5. The first-order valence-corrected chi connectivity index (χ1v) is 9.76. The van der Waals surface area contributed by atoms with Crippen molar-refractivity contribution in [3.8, 4) is 22.8 Å². The molecule has 0 atom stereocenters. The van der Waals surface area contributed by atoms with Crippen LogP contribution < -0.4 is 10.4 Å². The van der Waals surface area contributed by atoms with Crippen molar-refractivity contribution in [2.45, 2.75) is 20.5 Å². The Labute approximate surface area is 178 Å². The second-order valence-electron chi connectivity index (χ2n) is 6.98. The van der Waals surface area contributed by atoms with Gasteiger partial charge in [0, 0.05) is 29.3 Å². The number of aryl methyl sites for hydroxylation is 3. The summed E-state index contributed by atoms with van der Waals surface area (Å²) in [6.45, 7) is 4.19. The summed E-state index contributed by atoms with van der Waals surface area (Å²) in [5, 5.41) is 8.43. The number of halogens is 1. The second-order valence-corrected chi connectivity index (χ2v) is 7.41. The second kappa shape index (κ2) is 8.12. The van der Waals surface area contributed by atoms with Gasteiger partial charge in [0.1, 0.15) is 6.61 Å². The van der Waals surface area contributed by atoms with E-state index in [1.165, 1.54) is 9.36 Å². The molecule has 4 aromatic rings. The largest absolute Gasteiger partial charge is 0.473 e. The topological polar surface area (TPSA) is 74.8 Å². The first-order chi connectivity index (χ1) is 14.4. The molecule has 2 aromatic carbocycles. The molecule has 0 aliphatic carbocycles. The Morgan fingerprint density at radius 1 is 1.00 bits per heavy atom. The number of hydrogen-bond donors (Lipinski definition) is 0. The number of hydrogen-bond acceptors (Lipinski definition) is 5. The summed E-state index contributed by atoms with van der Waals surface area (Å²) in [6.07, 6.45) is 0. The number of ether oxygens (including phenoxy) is 1. The van der Waals surface area contributed by atoms with Crippen molar-refractivity contribution < 1.29 is 4.74 Å². The lowest BCUT2D eigenvalue weighted by Gasteiger charge is -2.13. The van der Waals surface area contributed by atoms with Gasteiger partial charge in [-0.25, -0.2) is 9.78 Å². The normalized spacial score (nSPS) is 10.9. The van der Waals surface area contributed by atoms with Crippen molar-refractivity contribution in [1.82, 2.24) is 24.8 Å². The van der Waals surface area contributed by atoms with Crippen LogP contribution >= 0.6 is 11.6 Å². The molecule has 0 saturated heterocycles. The van der Waals surface area contributed by atoms with E-state index < -0.39 is 0 Å². The van der Waals surface area contributed by atoms with Gasteiger partial charge in [-0.1, -0.05) is 35.9 Å². The lowest BCUT2D eigenvalue weighted by molar-refractivity contribution is 0.293. The first-order valence-electron chi connectivity index (χ1n) is 9.38. The highest BCUT2D eigenvalue weighted by Crippen LogP contribution is 2.26. The molecule has 7 nitrogen and oxygen atoms in total. The molecule has 152 valence electrons. The van der Waals surface area contributed by atoms with Gasteiger partial charge in [-0.15, -0.1) is 0 Å². The zero-order valence-electron chi connectivity index (χ0n) is 16.8. The highest BCUT2D eigenvalue weighted by Gasteiger charge is 2.14. The van der Waals surface area contributed by atoms with E-state index in [1.807, 2.05) is 62.4 Å². The predicted molar refractivity (Wildman–Crippen MR) is 115 cm³/mol. The van der Waals surface area contributed by atoms with Crippen molar-refractivity contribution in [3.05, 3.63) is 86.8 Å². The van der Waals surface area contributed by atoms with Crippen LogP contribution in [-0.2, 0) is 13.7 Å². The molecular formula is C22H20ClN5O2. The van der Waals surface area contributed by atoms with Gasteiger partial charge in [-0.3, -0.25) is 0 Å². The van der Waals surface area contributed by atoms with Crippen molar-refractivity contribution >= 4 is 11.6 Å². The lowest BCUT2D eigenvalue weighted by atomic mass is 10.1. The fourth-order valence-electron chi connectivity index (χ4n) is 3.24. The monoisotopic (exact) mass is 421 g/mol. The van der Waals surface area contributed by atoms with Gasteiger partial charge in [-0.05, 0) is 59.7 Å². The summed E-state index contributed by atoms with van der Waals surface area (Å²) >= 11 is 6.07. The number of tetrazole rings is 1. The van der Waals surface area contributed by atoms with Crippen LogP contribution in [0.25, 0.3) is 16.9 Å². The molecule has 0 saturated carbocycles. The van der Waals surface area contributed by atoms with Crippen LogP contribution in [0.1, 0.15) is 16.7 Å². The molecule has 0 bridgehead atoms. The molecule has 4 rings (SSSR count). The summed E-state index contributed by atoms with van der Waals surface area (Å²) < 4.78 is 8.46. The van der Waals surface area contributed by atoms with Gasteiger partial charge < -0.3 is 4.74 Å². The van der Waals surface area contributed by atoms with E-state index >= 15 is 0 Å². The molecule has 0 spiro atoms. The number of rotatable bonds is 5. The summed E-state index contributed by atoms with van der Waals surface area (Å²) in [6, 6.07) is 17.0. The molecule has 8 heteroatoms. The molecule has 0 unspecified atom stereocenters. The van der Waals surface area contributed by atoms with Gasteiger partial charge in [0.2, 0.25) is 5.88 Å². The fraction of sp³-hybridized carbons (Fsp3) is 0.182. The molecular weight excluding hydrogens is 402 g/mol. The Hall–Kier alpha value is -3.45. The van der Waals surface area contributed by atoms with Crippen LogP contribution in [0.5, 0.6) is 5.88 Å². The molecule has 2 heterocycles. The van der Waals surface area contributed by atoms with Crippen LogP contribution in [0.2, 0.25) is 5.02 Å². The van der Waals surface area contributed by atoms with Crippen LogP contribution in [-0.4, -0.2) is 24.8 Å². The van der Waals surface area contributed by atoms with Crippen molar-refractivity contribution in [2.75, 3.05) is 0 Å². The van der Waals surface area contributed by atoms with Crippen LogP contribution in [0.4, 0.5) is 0 Å². The number of benzene rings is 2. The molecule has 30 heavy (non-hydrogen) atoms. The van der Waals surface area contributed by atoms with Crippen LogP contribution in [0, 0.1) is 13.8 Å². The number of nitrogens with zero attached hydrogens (tertiary/aromatic N) is 5. The molecule has 0 radical (unpaired) electrons. The van der Waals surface area contributed by atoms with Crippen LogP contribution in [0.15, 0.2) is 59.4 Å². The maximum absolute atomic E-state index is 12.3. The van der Waals surface area contributed by atoms with Gasteiger partial charge in [0.15, 0.2) is 0 Å². The third-order valence-corrected chi connectivity index (χ3v) is 5.12. The molecule has 0 fully saturated rings. The minimum Gasteiger partial charge on any atom is -0.473 e. The summed E-state index contributed by atoms with van der Waals surface area (Å²) in [5.74, 6) is 0.488. The maximum Gasteiger partial charge on any atom is 0.368 e. The van der Waals surface area contributed by atoms with Gasteiger partial charge in [0.05, 0.1) is 11.4 Å². The van der Waals surface area contributed by atoms with Crippen molar-refractivity contribution in [1.29, 1.82) is 0 Å². The van der Waals surface area contributed by atoms with Gasteiger partial charge >= 0.3 is 5.69 Å². The van der Waals surface area contributed by atoms with E-state index in [9.17, 15) is 4.79 Å². The maximum atomic E-state index is 12.3. The third-order valence-electron chi connectivity index (χ3n) is 4.89. The average molecular weight is 422 g/mol. The zero-order chi connectivity index (χ0) is 21.3. The SMILES string of the molecule is Cc1cc(Cl)ccc1-c1cccc(OCc2c(C)cccc2-n2nnn(C)c2=O)n1. The van der Waals surface area contributed by atoms with Crippen molar-refractivity contribution in [2.24, 2.45) is 7.05 Å². The minimum absolute atomic E-state index is 0.237. The average Bonchev–Trinajstić information content (AvgIpc) is 3.05. The quantitative estimate of drug-likeness (QED) is 0.489. The Kier molecular flexibility index (Phi) is 5.37. The smallest absolute Gasteiger partial charge is 0.368 e. The molecule has 0 N–H and O–H groups in total. The van der Waals surface area contributed by atoms with E-state index in [-0.39, 0.29) is 12.3 Å². The van der Waals surface area contributed by atoms with Crippen LogP contribution in [0.3, 0.4) is 0 Å². The molecule has 0 aliphatic heterocycles. The van der Waals surface area contributed by atoms with E-state index in [1.54, 1.807) is 13.1 Å². The van der Waals surface area contributed by atoms with E-state index in [2.05, 4.69) is 15.4 Å². The Morgan fingerprint density at radius 2 is 1.80 bits per heavy atom. The minimum atomic E-state index is -0.319. The predicted octanol–water partition coefficient (Wildman–Crippen LogP) is 3.88. The molecule has 2 aromatic heterocycles. The van der Waals surface area contributed by atoms with Gasteiger partial charge in [0.25, 0.3) is 0 Å². The Bertz CT molecular complexity index is 1280. The Morgan fingerprint density at radius 3 is 2.53 bits per heavy atom. The zero-order valence-corrected chi connectivity index (χ0v) is 17.6. The summed E-state index contributed by atoms with van der Waals surface area (Å²) in [4.78, 5) is 16.9. The highest BCUT2D eigenvalue weighted by molar-refractivity contribution is 6.30. The first kappa shape index (κ1) is 19.8. The number of pyridine rings is 1. The molecule has 0 aliphatic rings. The standard InChI is InChI=1S/C22H20ClN5O2/c1-14-6-4-8-20(28-22(29)27(3)25-26-28)18(14)13-30-21-9-5-7-19(24-21)17-11-10-16(23)12-15(17)2/h4-12H,13H2,1-3H3. The lowest BCUT2D eigenvalue weighted by Crippen LogP contribution is -2.23. The third kappa shape index (κ3) is 3.84. The summed E-state index contributed by atoms with van der Waals surface area (Å²) in [7, 11) is 1.56. The van der Waals surface area contributed by atoms with Crippen molar-refractivity contribution in [3.63, 3.8) is 0 Å². The van der Waals surface area contributed by atoms with E-state index in [4.69, 9.17) is 16.3 Å². The van der Waals surface area contributed by atoms with E-state index in [0.717, 1.165) is 27.9 Å². The van der Waals surface area contributed by atoms with Gasteiger partial charge in [-0.2, -0.15) is 9.36 Å². The molecule has 0 amide bonds. The highest BCUT2D eigenvalue weighted by atomic mass is 35.5. The Balaban J connectivity index is 1.63.